The number of benzene rings is 1. The second kappa shape index (κ2) is 8.40. The molecule has 0 bridgehead atoms. The Labute approximate surface area is 103 Å². The van der Waals surface area contributed by atoms with Crippen LogP contribution < -0.4 is 5.32 Å². The number of para-hydroxylation sites is 1. The molecule has 0 radical (unpaired) electrons. The Morgan fingerprint density at radius 2 is 1.88 bits per heavy atom. The van der Waals surface area contributed by atoms with Gasteiger partial charge in [0.2, 0.25) is 0 Å². The molecular formula is C14H25NSi. The first kappa shape index (κ1) is 13.3. The van der Waals surface area contributed by atoms with Gasteiger partial charge in [-0.25, -0.2) is 0 Å². The van der Waals surface area contributed by atoms with Crippen molar-refractivity contribution in [2.75, 3.05) is 5.32 Å². The predicted octanol–water partition coefficient (Wildman–Crippen LogP) is 3.22. The third-order valence-corrected chi connectivity index (χ3v) is 3.52. The summed E-state index contributed by atoms with van der Waals surface area (Å²) in [5, 5.41) is 3.66. The molecule has 0 aliphatic heterocycles. The molecule has 0 aliphatic carbocycles. The molecule has 1 aromatic rings. The third kappa shape index (κ3) is 5.36. The zero-order valence-electron chi connectivity index (χ0n) is 10.7. The summed E-state index contributed by atoms with van der Waals surface area (Å²) in [7, 11) is 1.32. The summed E-state index contributed by atoms with van der Waals surface area (Å²) in [6.45, 7) is 2.27. The Hall–Kier alpha value is -0.763. The molecule has 0 amide bonds. The van der Waals surface area contributed by atoms with Crippen LogP contribution in [0.4, 0.5) is 5.69 Å². The fourth-order valence-electron chi connectivity index (χ4n) is 2.05. The zero-order valence-corrected chi connectivity index (χ0v) is 12.7. The van der Waals surface area contributed by atoms with E-state index in [0.717, 1.165) is 0 Å². The summed E-state index contributed by atoms with van der Waals surface area (Å²) < 4.78 is 0. The summed E-state index contributed by atoms with van der Waals surface area (Å²) in [6.07, 6.45) is 6.71. The average molecular weight is 235 g/mol. The molecule has 1 aromatic carbocycles. The molecule has 0 aliphatic rings. The second-order valence-corrected chi connectivity index (χ2v) is 5.49. The molecule has 2 heteroatoms. The van der Waals surface area contributed by atoms with Crippen LogP contribution in [0, 0.1) is 0 Å². The fourth-order valence-corrected chi connectivity index (χ4v) is 2.74. The lowest BCUT2D eigenvalue weighted by Crippen LogP contribution is -2.19. The first-order valence-corrected chi connectivity index (χ1v) is 8.09. The van der Waals surface area contributed by atoms with Crippen LogP contribution in [-0.2, 0) is 0 Å². The van der Waals surface area contributed by atoms with Gasteiger partial charge < -0.3 is 5.32 Å². The van der Waals surface area contributed by atoms with Gasteiger partial charge in [-0.3, -0.25) is 0 Å². The van der Waals surface area contributed by atoms with Gasteiger partial charge in [0.1, 0.15) is 0 Å². The minimum absolute atomic E-state index is 0.687. The van der Waals surface area contributed by atoms with Crippen molar-refractivity contribution in [3.05, 3.63) is 30.3 Å². The van der Waals surface area contributed by atoms with Gasteiger partial charge in [0.15, 0.2) is 0 Å². The first-order chi connectivity index (χ1) is 7.86. The van der Waals surface area contributed by atoms with Crippen LogP contribution in [0.1, 0.15) is 39.0 Å². The summed E-state index contributed by atoms with van der Waals surface area (Å²) in [5.41, 5.74) is 1.28. The van der Waals surface area contributed by atoms with Gasteiger partial charge in [-0.05, 0) is 25.0 Å². The first-order valence-electron chi connectivity index (χ1n) is 6.68. The molecule has 0 fully saturated rings. The quantitative estimate of drug-likeness (QED) is 0.539. The number of unbranched alkanes of at least 4 members (excludes halogenated alkanes) is 2. The van der Waals surface area contributed by atoms with Gasteiger partial charge >= 0.3 is 0 Å². The Morgan fingerprint density at radius 3 is 2.50 bits per heavy atom. The van der Waals surface area contributed by atoms with Gasteiger partial charge in [-0.15, -0.1) is 0 Å². The lowest BCUT2D eigenvalue weighted by atomic mass is 10.1. The molecule has 1 unspecified atom stereocenters. The van der Waals surface area contributed by atoms with Crippen LogP contribution in [0.25, 0.3) is 0 Å². The van der Waals surface area contributed by atoms with Crippen molar-refractivity contribution < 1.29 is 0 Å². The molecule has 90 valence electrons. The average Bonchev–Trinajstić information content (AvgIpc) is 2.31. The normalized spacial score (nSPS) is 12.6. The molecule has 1 atom stereocenters. The topological polar surface area (TPSA) is 12.0 Å². The van der Waals surface area contributed by atoms with E-state index in [2.05, 4.69) is 42.6 Å². The van der Waals surface area contributed by atoms with Crippen molar-refractivity contribution >= 4 is 15.9 Å². The van der Waals surface area contributed by atoms with Crippen molar-refractivity contribution in [2.24, 2.45) is 0 Å². The summed E-state index contributed by atoms with van der Waals surface area (Å²) in [4.78, 5) is 0. The highest BCUT2D eigenvalue weighted by Crippen LogP contribution is 2.15. The maximum absolute atomic E-state index is 3.66. The number of hydrogen-bond acceptors (Lipinski definition) is 1. The Bertz CT molecular complexity index is 261. The Kier molecular flexibility index (Phi) is 6.98. The Balaban J connectivity index is 2.38. The van der Waals surface area contributed by atoms with E-state index in [1.54, 1.807) is 0 Å². The van der Waals surface area contributed by atoms with E-state index in [-0.39, 0.29) is 0 Å². The minimum Gasteiger partial charge on any atom is -0.382 e. The van der Waals surface area contributed by atoms with Crippen molar-refractivity contribution in [3.8, 4) is 0 Å². The van der Waals surface area contributed by atoms with Crippen LogP contribution in [-0.4, -0.2) is 16.3 Å². The van der Waals surface area contributed by atoms with E-state index in [1.807, 2.05) is 0 Å². The molecule has 0 spiro atoms. The minimum atomic E-state index is 0.687. The standard InChI is InChI=1S/C14H25NSi/c1-2-3-5-8-14(11-12-16)15-13-9-6-4-7-10-13/h4,6-7,9-10,14-15H,2-3,5,8,11-12H2,1,16H3. The van der Waals surface area contributed by atoms with E-state index in [0.29, 0.717) is 6.04 Å². The van der Waals surface area contributed by atoms with E-state index in [9.17, 15) is 0 Å². The van der Waals surface area contributed by atoms with E-state index in [4.69, 9.17) is 0 Å². The molecule has 0 saturated carbocycles. The smallest absolute Gasteiger partial charge is 0.0342 e. The zero-order chi connectivity index (χ0) is 11.6. The van der Waals surface area contributed by atoms with Crippen molar-refractivity contribution in [3.63, 3.8) is 0 Å². The summed E-state index contributed by atoms with van der Waals surface area (Å²) >= 11 is 0. The molecule has 1 nitrogen and oxygen atoms in total. The Morgan fingerprint density at radius 1 is 1.12 bits per heavy atom. The lowest BCUT2D eigenvalue weighted by molar-refractivity contribution is 0.574. The van der Waals surface area contributed by atoms with Crippen LogP contribution in [0.15, 0.2) is 30.3 Å². The second-order valence-electron chi connectivity index (χ2n) is 4.49. The van der Waals surface area contributed by atoms with Crippen LogP contribution in [0.3, 0.4) is 0 Å². The van der Waals surface area contributed by atoms with Gasteiger partial charge in [-0.2, -0.15) is 0 Å². The maximum Gasteiger partial charge on any atom is 0.0342 e. The van der Waals surface area contributed by atoms with Gasteiger partial charge in [0, 0.05) is 22.0 Å². The van der Waals surface area contributed by atoms with E-state index < -0.39 is 0 Å². The SMILES string of the molecule is CCCCCC(CC[SiH3])Nc1ccccc1. The predicted molar refractivity (Wildman–Crippen MR) is 77.4 cm³/mol. The van der Waals surface area contributed by atoms with E-state index >= 15 is 0 Å². The molecule has 1 N–H and O–H groups in total. The summed E-state index contributed by atoms with van der Waals surface area (Å²) in [5.74, 6) is 0. The molecular weight excluding hydrogens is 210 g/mol. The van der Waals surface area contributed by atoms with Gasteiger partial charge in [0.05, 0.1) is 0 Å². The highest BCUT2D eigenvalue weighted by Gasteiger charge is 2.06. The molecule has 0 heterocycles. The highest BCUT2D eigenvalue weighted by atomic mass is 28.1. The van der Waals surface area contributed by atoms with E-state index in [1.165, 1.54) is 54.1 Å². The molecule has 1 rings (SSSR count). The number of hydrogen-bond donors (Lipinski definition) is 1. The number of anilines is 1. The molecule has 0 aromatic heterocycles. The number of rotatable bonds is 8. The van der Waals surface area contributed by atoms with Gasteiger partial charge in [-0.1, -0.05) is 50.4 Å². The fraction of sp³-hybridized carbons (Fsp3) is 0.571. The van der Waals surface area contributed by atoms with Crippen LogP contribution in [0.5, 0.6) is 0 Å². The van der Waals surface area contributed by atoms with Crippen molar-refractivity contribution in [1.29, 1.82) is 0 Å². The van der Waals surface area contributed by atoms with Gasteiger partial charge in [0.25, 0.3) is 0 Å². The third-order valence-electron chi connectivity index (χ3n) is 2.94. The maximum atomic E-state index is 3.66. The largest absolute Gasteiger partial charge is 0.382 e. The highest BCUT2D eigenvalue weighted by molar-refractivity contribution is 6.08. The van der Waals surface area contributed by atoms with Crippen LogP contribution in [0.2, 0.25) is 6.04 Å². The van der Waals surface area contributed by atoms with Crippen molar-refractivity contribution in [1.82, 2.24) is 0 Å². The van der Waals surface area contributed by atoms with Crippen LogP contribution >= 0.6 is 0 Å². The number of nitrogens with one attached hydrogen (secondary N) is 1. The monoisotopic (exact) mass is 235 g/mol. The lowest BCUT2D eigenvalue weighted by Gasteiger charge is -2.19. The molecule has 16 heavy (non-hydrogen) atoms. The molecule has 0 saturated heterocycles. The van der Waals surface area contributed by atoms with Crippen molar-refractivity contribution in [2.45, 2.75) is 51.1 Å². The summed E-state index contributed by atoms with van der Waals surface area (Å²) in [6, 6.07) is 12.7.